The first-order valence-corrected chi connectivity index (χ1v) is 11.1. The van der Waals surface area contributed by atoms with Crippen LogP contribution in [-0.4, -0.2) is 25.0 Å². The summed E-state index contributed by atoms with van der Waals surface area (Å²) in [5, 5.41) is 10.4. The van der Waals surface area contributed by atoms with Crippen molar-refractivity contribution in [1.29, 1.82) is 0 Å². The van der Waals surface area contributed by atoms with Gasteiger partial charge in [0.25, 0.3) is 0 Å². The van der Waals surface area contributed by atoms with Crippen LogP contribution in [-0.2, 0) is 35.2 Å². The molecule has 0 spiro atoms. The zero-order valence-corrected chi connectivity index (χ0v) is 17.2. The summed E-state index contributed by atoms with van der Waals surface area (Å²) in [4.78, 5) is 17.3. The number of hydrogen-bond acceptors (Lipinski definition) is 4. The van der Waals surface area contributed by atoms with Gasteiger partial charge in [0, 0.05) is 18.3 Å². The first-order valence-electron chi connectivity index (χ1n) is 9.51. The second-order valence-electron chi connectivity index (χ2n) is 7.73. The lowest BCUT2D eigenvalue weighted by Gasteiger charge is -2.15. The Balaban J connectivity index is 1.69. The van der Waals surface area contributed by atoms with Crippen LogP contribution >= 0.6 is 0 Å². The number of rotatable bonds is 3. The second-order valence-corrected chi connectivity index (χ2v) is 9.43. The largest absolute Gasteiger partial charge is 0.354 e. The fraction of sp³-hybridized carbons (Fsp3) is 0.500. The maximum atomic E-state index is 14.0. The third-order valence-electron chi connectivity index (χ3n) is 5.42. The molecule has 3 N–H and O–H groups in total. The van der Waals surface area contributed by atoms with Gasteiger partial charge in [-0.05, 0) is 49.1 Å². The maximum Gasteiger partial charge on any atom is 0.354 e. The summed E-state index contributed by atoms with van der Waals surface area (Å²) in [6.45, 7) is 2.54. The quantitative estimate of drug-likeness (QED) is 0.757. The van der Waals surface area contributed by atoms with E-state index in [1.54, 1.807) is 0 Å². The van der Waals surface area contributed by atoms with Crippen LogP contribution in [0.4, 0.5) is 23.7 Å². The molecule has 8 nitrogen and oxygen atoms in total. The van der Waals surface area contributed by atoms with Gasteiger partial charge in [0.05, 0.1) is 11.9 Å². The number of hydrogen-bond donors (Lipinski definition) is 2. The van der Waals surface area contributed by atoms with Crippen LogP contribution in [0.15, 0.2) is 15.6 Å². The lowest BCUT2D eigenvalue weighted by atomic mass is 10.0. The van der Waals surface area contributed by atoms with Crippen LogP contribution < -0.4 is 10.5 Å². The second kappa shape index (κ2) is 7.05. The molecule has 0 fully saturated rings. The minimum atomic E-state index is -4.18. The molecule has 0 aromatic carbocycles. The lowest BCUT2D eigenvalue weighted by molar-refractivity contribution is -0.0733. The number of alkyl halides is 2. The standard InChI is InChI=1S/C18H21F3N6O2S/c1-9-6-7-11-14(9)23-13-5-3-4-10(13)15(11)24-17(28)26-30(22,29)16-12(19)8-27(25-16)18(2,20)21/h8-9H,3-7H2,1-2H3,(H3,22,23,24,26,28,29)/t9-,30+/m1/s1. The molecule has 2 heterocycles. The summed E-state index contributed by atoms with van der Waals surface area (Å²) in [6.07, 6.45) is 4.43. The van der Waals surface area contributed by atoms with Crippen LogP contribution in [0.1, 0.15) is 55.1 Å². The first-order chi connectivity index (χ1) is 14.0. The predicted molar refractivity (Wildman–Crippen MR) is 103 cm³/mol. The average molecular weight is 442 g/mol. The number of aromatic nitrogens is 3. The molecule has 2 aromatic rings. The van der Waals surface area contributed by atoms with Gasteiger partial charge >= 0.3 is 12.1 Å². The number of carbonyl (C=O) groups excluding carboxylic acids is 1. The SMILES string of the molecule is C[C@@H]1CCc2c1nc1c(c2NC(=O)N=[S@](N)(=O)c2nn(C(C)(F)F)cc2F)CCC1. The van der Waals surface area contributed by atoms with Crippen LogP contribution in [0.3, 0.4) is 0 Å². The number of pyridine rings is 1. The van der Waals surface area contributed by atoms with Gasteiger partial charge in [-0.3, -0.25) is 4.98 Å². The number of aryl methyl sites for hydroxylation is 1. The molecule has 2 atom stereocenters. The van der Waals surface area contributed by atoms with Gasteiger partial charge in [0.15, 0.2) is 15.7 Å². The summed E-state index contributed by atoms with van der Waals surface area (Å²) in [5.41, 5.74) is 4.26. The fourth-order valence-electron chi connectivity index (χ4n) is 3.99. The van der Waals surface area contributed by atoms with Gasteiger partial charge in [-0.1, -0.05) is 6.92 Å². The van der Waals surface area contributed by atoms with Crippen molar-refractivity contribution >= 4 is 21.6 Å². The van der Waals surface area contributed by atoms with Crippen LogP contribution in [0.2, 0.25) is 0 Å². The van der Waals surface area contributed by atoms with Crippen molar-refractivity contribution < 1.29 is 22.2 Å². The molecule has 2 aromatic heterocycles. The van der Waals surface area contributed by atoms with Crippen LogP contribution in [0.25, 0.3) is 0 Å². The molecule has 30 heavy (non-hydrogen) atoms. The van der Waals surface area contributed by atoms with Crippen LogP contribution in [0.5, 0.6) is 0 Å². The molecule has 0 saturated heterocycles. The van der Waals surface area contributed by atoms with Gasteiger partial charge in [0.2, 0.25) is 5.03 Å². The number of fused-ring (bicyclic) bond motifs is 2. The molecule has 0 saturated carbocycles. The first kappa shape index (κ1) is 20.8. The van der Waals surface area contributed by atoms with Crippen molar-refractivity contribution in [2.24, 2.45) is 9.50 Å². The Bertz CT molecular complexity index is 1160. The average Bonchev–Trinajstić information content (AvgIpc) is 3.33. The Morgan fingerprint density at radius 2 is 2.10 bits per heavy atom. The number of urea groups is 1. The predicted octanol–water partition coefficient (Wildman–Crippen LogP) is 3.46. The van der Waals surface area contributed by atoms with E-state index in [9.17, 15) is 22.2 Å². The summed E-state index contributed by atoms with van der Waals surface area (Å²) in [6, 6.07) is -4.59. The number of halogens is 3. The van der Waals surface area contributed by atoms with E-state index < -0.39 is 32.8 Å². The summed E-state index contributed by atoms with van der Waals surface area (Å²) in [5.74, 6) is -1.08. The van der Waals surface area contributed by atoms with E-state index in [0.717, 1.165) is 54.6 Å². The number of nitrogens with zero attached hydrogens (tertiary/aromatic N) is 4. The normalized spacial score (nSPS) is 19.9. The van der Waals surface area contributed by atoms with E-state index in [-0.39, 0.29) is 10.6 Å². The summed E-state index contributed by atoms with van der Waals surface area (Å²) < 4.78 is 56.8. The highest BCUT2D eigenvalue weighted by Gasteiger charge is 2.32. The third kappa shape index (κ3) is 3.58. The summed E-state index contributed by atoms with van der Waals surface area (Å²) in [7, 11) is -4.18. The molecule has 12 heteroatoms. The van der Waals surface area contributed by atoms with Crippen molar-refractivity contribution in [3.05, 3.63) is 34.5 Å². The van der Waals surface area contributed by atoms with Gasteiger partial charge in [0.1, 0.15) is 0 Å². The van der Waals surface area contributed by atoms with Gasteiger partial charge in [-0.25, -0.2) is 23.2 Å². The topological polar surface area (TPSA) is 115 Å². The highest BCUT2D eigenvalue weighted by molar-refractivity contribution is 7.91. The zero-order chi connectivity index (χ0) is 21.8. The van der Waals surface area contributed by atoms with E-state index in [2.05, 4.69) is 21.7 Å². The van der Waals surface area contributed by atoms with Crippen molar-refractivity contribution in [1.82, 2.24) is 14.8 Å². The molecular weight excluding hydrogens is 421 g/mol. The monoisotopic (exact) mass is 442 g/mol. The number of nitrogens with two attached hydrogens (primary N) is 1. The summed E-state index contributed by atoms with van der Waals surface area (Å²) >= 11 is 0. The van der Waals surface area contributed by atoms with Gasteiger partial charge < -0.3 is 5.32 Å². The molecule has 0 radical (unpaired) electrons. The Kier molecular flexibility index (Phi) is 4.88. The Hall–Kier alpha value is -2.47. The van der Waals surface area contributed by atoms with Crippen molar-refractivity contribution in [2.45, 2.75) is 62.9 Å². The van der Waals surface area contributed by atoms with E-state index in [4.69, 9.17) is 10.1 Å². The molecule has 2 aliphatic carbocycles. The van der Waals surface area contributed by atoms with Crippen molar-refractivity contribution in [3.8, 4) is 0 Å². The minimum Gasteiger partial charge on any atom is -0.305 e. The molecule has 2 aliphatic rings. The van der Waals surface area contributed by atoms with Gasteiger partial charge in [-0.2, -0.15) is 13.9 Å². The lowest BCUT2D eigenvalue weighted by Crippen LogP contribution is -2.22. The van der Waals surface area contributed by atoms with Crippen molar-refractivity contribution in [2.75, 3.05) is 5.32 Å². The number of nitrogens with one attached hydrogen (secondary N) is 1. The highest BCUT2D eigenvalue weighted by atomic mass is 32.2. The Labute approximate surface area is 171 Å². The van der Waals surface area contributed by atoms with E-state index in [1.165, 1.54) is 0 Å². The third-order valence-corrected chi connectivity index (χ3v) is 6.69. The minimum absolute atomic E-state index is 0.0123. The van der Waals surface area contributed by atoms with Gasteiger partial charge in [-0.15, -0.1) is 4.36 Å². The Morgan fingerprint density at radius 1 is 1.37 bits per heavy atom. The molecule has 0 aliphatic heterocycles. The van der Waals surface area contributed by atoms with Crippen LogP contribution in [0, 0.1) is 5.82 Å². The molecule has 2 amide bonds. The Morgan fingerprint density at radius 3 is 2.77 bits per heavy atom. The fourth-order valence-corrected chi connectivity index (χ4v) is 4.90. The molecule has 4 rings (SSSR count). The van der Waals surface area contributed by atoms with E-state index in [0.29, 0.717) is 18.8 Å². The number of amides is 2. The van der Waals surface area contributed by atoms with E-state index in [1.807, 2.05) is 0 Å². The maximum absolute atomic E-state index is 14.0. The molecule has 0 bridgehead atoms. The van der Waals surface area contributed by atoms with Crippen molar-refractivity contribution in [3.63, 3.8) is 0 Å². The van der Waals surface area contributed by atoms with E-state index >= 15 is 0 Å². The molecule has 162 valence electrons. The molecule has 0 unspecified atom stereocenters. The highest BCUT2D eigenvalue weighted by Crippen LogP contribution is 2.41. The smallest absolute Gasteiger partial charge is 0.305 e. The molecular formula is C18H21F3N6O2S. The number of carbonyl (C=O) groups is 1. The number of anilines is 1. The zero-order valence-electron chi connectivity index (χ0n) is 16.4.